The molecule has 29 heavy (non-hydrogen) atoms. The van der Waals surface area contributed by atoms with Gasteiger partial charge in [-0.3, -0.25) is 14.2 Å². The van der Waals surface area contributed by atoms with Crippen LogP contribution in [0, 0.1) is 0 Å². The molecule has 0 aliphatic carbocycles. The zero-order chi connectivity index (χ0) is 20.8. The molecule has 2 aromatic heterocycles. The summed E-state index contributed by atoms with van der Waals surface area (Å²) in [7, 11) is 1.59. The van der Waals surface area contributed by atoms with Crippen molar-refractivity contribution in [3.05, 3.63) is 59.4 Å². The van der Waals surface area contributed by atoms with E-state index in [-0.39, 0.29) is 23.3 Å². The lowest BCUT2D eigenvalue weighted by atomic mass is 10.2. The van der Waals surface area contributed by atoms with Gasteiger partial charge in [0.1, 0.15) is 4.70 Å². The molecule has 1 aromatic carbocycles. The number of benzene rings is 1. The number of nitrogens with one attached hydrogen (secondary N) is 1. The van der Waals surface area contributed by atoms with E-state index in [0.29, 0.717) is 28.5 Å². The van der Waals surface area contributed by atoms with Crippen molar-refractivity contribution in [2.45, 2.75) is 24.7 Å². The zero-order valence-corrected chi connectivity index (χ0v) is 18.0. The van der Waals surface area contributed by atoms with Gasteiger partial charge in [-0.1, -0.05) is 48.2 Å². The van der Waals surface area contributed by atoms with Crippen LogP contribution in [-0.4, -0.2) is 41.0 Å². The zero-order valence-electron chi connectivity index (χ0n) is 16.4. The third kappa shape index (κ3) is 5.14. The third-order valence-electron chi connectivity index (χ3n) is 4.13. The Morgan fingerprint density at radius 3 is 2.86 bits per heavy atom. The molecule has 2 heterocycles. The molecule has 8 heteroatoms. The molecule has 0 spiro atoms. The van der Waals surface area contributed by atoms with Crippen LogP contribution >= 0.6 is 23.1 Å². The van der Waals surface area contributed by atoms with Crippen molar-refractivity contribution in [1.82, 2.24) is 14.9 Å². The Morgan fingerprint density at radius 2 is 2.17 bits per heavy atom. The second-order valence-electron chi connectivity index (χ2n) is 6.50. The van der Waals surface area contributed by atoms with Crippen LogP contribution in [0.5, 0.6) is 0 Å². The van der Waals surface area contributed by atoms with Gasteiger partial charge in [0.15, 0.2) is 5.16 Å². The highest BCUT2D eigenvalue weighted by molar-refractivity contribution is 7.99. The largest absolute Gasteiger partial charge is 0.383 e. The number of hydrogen-bond acceptors (Lipinski definition) is 6. The number of thiophene rings is 1. The fourth-order valence-corrected chi connectivity index (χ4v) is 4.74. The van der Waals surface area contributed by atoms with E-state index in [1.54, 1.807) is 17.8 Å². The second-order valence-corrected chi connectivity index (χ2v) is 8.50. The minimum Gasteiger partial charge on any atom is -0.383 e. The van der Waals surface area contributed by atoms with Gasteiger partial charge in [0.2, 0.25) is 5.91 Å². The fraction of sp³-hybridized carbons (Fsp3) is 0.286. The van der Waals surface area contributed by atoms with E-state index in [9.17, 15) is 9.59 Å². The molecule has 3 rings (SSSR count). The number of carbonyl (C=O) groups is 1. The Kier molecular flexibility index (Phi) is 7.24. The summed E-state index contributed by atoms with van der Waals surface area (Å²) < 4.78 is 7.20. The van der Waals surface area contributed by atoms with E-state index in [1.807, 2.05) is 43.3 Å². The topological polar surface area (TPSA) is 73.2 Å². The van der Waals surface area contributed by atoms with Crippen LogP contribution in [0.1, 0.15) is 6.92 Å². The van der Waals surface area contributed by atoms with Crippen LogP contribution < -0.4 is 10.9 Å². The smallest absolute Gasteiger partial charge is 0.272 e. The van der Waals surface area contributed by atoms with Gasteiger partial charge in [-0.05, 0) is 18.6 Å². The van der Waals surface area contributed by atoms with Gasteiger partial charge in [-0.15, -0.1) is 17.9 Å². The summed E-state index contributed by atoms with van der Waals surface area (Å²) in [6, 6.07) is 11.8. The van der Waals surface area contributed by atoms with Crippen LogP contribution in [-0.2, 0) is 16.1 Å². The van der Waals surface area contributed by atoms with Crippen LogP contribution in [0.3, 0.4) is 0 Å². The Morgan fingerprint density at radius 1 is 1.41 bits per heavy atom. The summed E-state index contributed by atoms with van der Waals surface area (Å²) in [5.74, 6) is 0.0353. The van der Waals surface area contributed by atoms with Crippen molar-refractivity contribution in [2.75, 3.05) is 19.5 Å². The van der Waals surface area contributed by atoms with Gasteiger partial charge in [0.25, 0.3) is 5.56 Å². The second kappa shape index (κ2) is 9.87. The predicted octanol–water partition coefficient (Wildman–Crippen LogP) is 3.55. The van der Waals surface area contributed by atoms with E-state index in [4.69, 9.17) is 4.74 Å². The lowest BCUT2D eigenvalue weighted by Crippen LogP contribution is -2.36. The Balaban J connectivity index is 1.90. The molecule has 0 aliphatic heterocycles. The number of aromatic nitrogens is 2. The van der Waals surface area contributed by atoms with Gasteiger partial charge in [0.05, 0.1) is 17.9 Å². The first-order valence-electron chi connectivity index (χ1n) is 9.15. The van der Waals surface area contributed by atoms with E-state index >= 15 is 0 Å². The number of allylic oxidation sites excluding steroid dienone is 1. The average molecular weight is 430 g/mol. The first kappa shape index (κ1) is 21.3. The number of carbonyl (C=O) groups excluding carboxylic acids is 1. The lowest BCUT2D eigenvalue weighted by molar-refractivity contribution is -0.119. The van der Waals surface area contributed by atoms with Crippen molar-refractivity contribution in [3.8, 4) is 10.4 Å². The summed E-state index contributed by atoms with van der Waals surface area (Å²) in [4.78, 5) is 30.9. The molecule has 0 fully saturated rings. The third-order valence-corrected chi connectivity index (χ3v) is 6.26. The van der Waals surface area contributed by atoms with Gasteiger partial charge in [-0.2, -0.15) is 0 Å². The normalized spacial score (nSPS) is 12.1. The molecule has 1 unspecified atom stereocenters. The van der Waals surface area contributed by atoms with Crippen molar-refractivity contribution >= 4 is 39.2 Å². The van der Waals surface area contributed by atoms with Crippen molar-refractivity contribution in [1.29, 1.82) is 0 Å². The van der Waals surface area contributed by atoms with Gasteiger partial charge in [-0.25, -0.2) is 4.98 Å². The highest BCUT2D eigenvalue weighted by Crippen LogP contribution is 2.31. The van der Waals surface area contributed by atoms with E-state index < -0.39 is 0 Å². The SMILES string of the molecule is C=CCn1c(SCC(=O)NC(C)COC)nc2cc(-c3ccccc3)sc2c1=O. The maximum Gasteiger partial charge on any atom is 0.272 e. The van der Waals surface area contributed by atoms with Crippen molar-refractivity contribution < 1.29 is 9.53 Å². The quantitative estimate of drug-likeness (QED) is 0.320. The minimum atomic E-state index is -0.130. The average Bonchev–Trinajstić information content (AvgIpc) is 3.14. The van der Waals surface area contributed by atoms with Gasteiger partial charge in [0, 0.05) is 24.6 Å². The molecule has 0 radical (unpaired) electrons. The molecule has 0 bridgehead atoms. The number of nitrogens with zero attached hydrogens (tertiary/aromatic N) is 2. The molecule has 3 aromatic rings. The Bertz CT molecular complexity index is 1060. The molecule has 1 amide bonds. The van der Waals surface area contributed by atoms with E-state index in [2.05, 4.69) is 16.9 Å². The highest BCUT2D eigenvalue weighted by Gasteiger charge is 2.16. The maximum atomic E-state index is 13.0. The fourth-order valence-electron chi connectivity index (χ4n) is 2.87. The predicted molar refractivity (Wildman–Crippen MR) is 120 cm³/mol. The van der Waals surface area contributed by atoms with Crippen molar-refractivity contribution in [3.63, 3.8) is 0 Å². The summed E-state index contributed by atoms with van der Waals surface area (Å²) in [5, 5.41) is 3.37. The first-order chi connectivity index (χ1) is 14.0. The molecule has 1 N–H and O–H groups in total. The van der Waals surface area contributed by atoms with Crippen LogP contribution in [0.15, 0.2) is 59.0 Å². The summed E-state index contributed by atoms with van der Waals surface area (Å²) in [6.45, 7) is 6.40. The Hall–Kier alpha value is -2.42. The number of fused-ring (bicyclic) bond motifs is 1. The minimum absolute atomic E-state index is 0.0794. The molecule has 0 saturated carbocycles. The Labute approximate surface area is 177 Å². The molecule has 152 valence electrons. The highest BCUT2D eigenvalue weighted by atomic mass is 32.2. The number of hydrogen-bond donors (Lipinski definition) is 1. The van der Waals surface area contributed by atoms with Crippen LogP contribution in [0.2, 0.25) is 0 Å². The number of rotatable bonds is 9. The molecule has 0 aliphatic rings. The number of ether oxygens (including phenoxy) is 1. The molecule has 1 atom stereocenters. The summed E-state index contributed by atoms with van der Waals surface area (Å²) in [5.41, 5.74) is 1.58. The lowest BCUT2D eigenvalue weighted by Gasteiger charge is -2.13. The van der Waals surface area contributed by atoms with Crippen LogP contribution in [0.25, 0.3) is 20.7 Å². The van der Waals surface area contributed by atoms with Gasteiger partial charge < -0.3 is 10.1 Å². The van der Waals surface area contributed by atoms with Crippen molar-refractivity contribution in [2.24, 2.45) is 0 Å². The monoisotopic (exact) mass is 429 g/mol. The maximum absolute atomic E-state index is 13.0. The summed E-state index contributed by atoms with van der Waals surface area (Å²) >= 11 is 2.68. The molecule has 6 nitrogen and oxygen atoms in total. The first-order valence-corrected chi connectivity index (χ1v) is 11.0. The number of amides is 1. The summed E-state index contributed by atoms with van der Waals surface area (Å²) in [6.07, 6.45) is 1.66. The molecular formula is C21H23N3O3S2. The van der Waals surface area contributed by atoms with Gasteiger partial charge >= 0.3 is 0 Å². The number of thioether (sulfide) groups is 1. The van der Waals surface area contributed by atoms with E-state index in [1.165, 1.54) is 23.1 Å². The van der Waals surface area contributed by atoms with E-state index in [0.717, 1.165) is 10.4 Å². The molecule has 0 saturated heterocycles. The standard InChI is InChI=1S/C21H23N3O3S2/c1-4-10-24-20(26)19-16(11-17(29-19)15-8-6-5-7-9-15)23-21(24)28-13-18(25)22-14(2)12-27-3/h4-9,11,14H,1,10,12-13H2,2-3H3,(H,22,25). The number of methoxy groups -OCH3 is 1. The van der Waals surface area contributed by atoms with Crippen LogP contribution in [0.4, 0.5) is 0 Å². The molecular weight excluding hydrogens is 406 g/mol.